The normalized spacial score (nSPS) is 10.6. The zero-order chi connectivity index (χ0) is 13.0. The van der Waals surface area contributed by atoms with E-state index in [1.54, 1.807) is 12.5 Å². The Labute approximate surface area is 106 Å². The van der Waals surface area contributed by atoms with Gasteiger partial charge in [0.25, 0.3) is 0 Å². The van der Waals surface area contributed by atoms with Gasteiger partial charge in [0.05, 0.1) is 24.7 Å². The first kappa shape index (κ1) is 12.3. The van der Waals surface area contributed by atoms with Crippen LogP contribution in [0.15, 0.2) is 30.7 Å². The van der Waals surface area contributed by atoms with Crippen molar-refractivity contribution in [2.75, 3.05) is 11.1 Å². The fourth-order valence-corrected chi connectivity index (χ4v) is 1.64. The number of nitrogens with two attached hydrogens (primary N) is 1. The summed E-state index contributed by atoms with van der Waals surface area (Å²) in [7, 11) is 0. The van der Waals surface area contributed by atoms with Crippen LogP contribution in [0.2, 0.25) is 0 Å². The van der Waals surface area contributed by atoms with Crippen molar-refractivity contribution < 1.29 is 4.74 Å². The van der Waals surface area contributed by atoms with Crippen molar-refractivity contribution in [3.63, 3.8) is 0 Å². The van der Waals surface area contributed by atoms with Crippen LogP contribution >= 0.6 is 0 Å². The topological polar surface area (TPSA) is 76.0 Å². The summed E-state index contributed by atoms with van der Waals surface area (Å²) in [5.41, 5.74) is 8.47. The maximum absolute atomic E-state index is 5.84. The van der Waals surface area contributed by atoms with E-state index < -0.39 is 0 Å². The Morgan fingerprint density at radius 1 is 1.39 bits per heavy atom. The SMILES string of the molecule is CC(C)Oc1cc(N)cc(NCc2cnc[nH]2)c1. The molecule has 0 bridgehead atoms. The zero-order valence-corrected chi connectivity index (χ0v) is 10.6. The second kappa shape index (κ2) is 5.44. The van der Waals surface area contributed by atoms with Gasteiger partial charge in [-0.3, -0.25) is 0 Å². The van der Waals surface area contributed by atoms with Crippen molar-refractivity contribution in [3.8, 4) is 5.75 Å². The lowest BCUT2D eigenvalue weighted by atomic mass is 10.2. The van der Waals surface area contributed by atoms with Crippen molar-refractivity contribution >= 4 is 11.4 Å². The molecule has 0 fully saturated rings. The molecule has 1 aromatic carbocycles. The van der Waals surface area contributed by atoms with Crippen LogP contribution in [0.25, 0.3) is 0 Å². The lowest BCUT2D eigenvalue weighted by Gasteiger charge is -2.13. The molecule has 0 atom stereocenters. The zero-order valence-electron chi connectivity index (χ0n) is 10.6. The van der Waals surface area contributed by atoms with Gasteiger partial charge in [-0.2, -0.15) is 0 Å². The molecule has 1 heterocycles. The minimum absolute atomic E-state index is 0.132. The number of rotatable bonds is 5. The number of imidazole rings is 1. The van der Waals surface area contributed by atoms with Gasteiger partial charge in [-0.1, -0.05) is 0 Å². The van der Waals surface area contributed by atoms with Gasteiger partial charge < -0.3 is 20.8 Å². The number of hydrogen-bond donors (Lipinski definition) is 3. The fourth-order valence-electron chi connectivity index (χ4n) is 1.64. The van der Waals surface area contributed by atoms with E-state index in [1.165, 1.54) is 0 Å². The van der Waals surface area contributed by atoms with Crippen molar-refractivity contribution in [2.45, 2.75) is 26.5 Å². The summed E-state index contributed by atoms with van der Waals surface area (Å²) in [4.78, 5) is 7.00. The molecule has 0 spiro atoms. The lowest BCUT2D eigenvalue weighted by molar-refractivity contribution is 0.242. The van der Waals surface area contributed by atoms with Crippen molar-refractivity contribution in [3.05, 3.63) is 36.4 Å². The molecule has 18 heavy (non-hydrogen) atoms. The average molecular weight is 246 g/mol. The summed E-state index contributed by atoms with van der Waals surface area (Å²) < 4.78 is 5.63. The van der Waals surface area contributed by atoms with Crippen molar-refractivity contribution in [1.29, 1.82) is 0 Å². The number of aromatic amines is 1. The molecule has 0 saturated carbocycles. The van der Waals surface area contributed by atoms with E-state index in [2.05, 4.69) is 15.3 Å². The van der Waals surface area contributed by atoms with Crippen LogP contribution in [0.3, 0.4) is 0 Å². The van der Waals surface area contributed by atoms with Gasteiger partial charge in [0, 0.05) is 29.7 Å². The van der Waals surface area contributed by atoms with Crippen LogP contribution in [0.4, 0.5) is 11.4 Å². The van der Waals surface area contributed by atoms with Crippen molar-refractivity contribution in [1.82, 2.24) is 9.97 Å². The number of H-pyrrole nitrogens is 1. The third-order valence-corrected chi connectivity index (χ3v) is 2.34. The number of nitrogen functional groups attached to an aromatic ring is 1. The van der Waals surface area contributed by atoms with E-state index in [1.807, 2.05) is 32.0 Å². The fraction of sp³-hybridized carbons (Fsp3) is 0.308. The summed E-state index contributed by atoms with van der Waals surface area (Å²) in [6.07, 6.45) is 3.57. The molecule has 2 aromatic rings. The molecule has 0 radical (unpaired) electrons. The highest BCUT2D eigenvalue weighted by Crippen LogP contribution is 2.23. The maximum atomic E-state index is 5.84. The predicted molar refractivity (Wildman–Crippen MR) is 72.5 cm³/mol. The van der Waals surface area contributed by atoms with Crippen LogP contribution in [-0.2, 0) is 6.54 Å². The van der Waals surface area contributed by atoms with Gasteiger partial charge in [0.15, 0.2) is 0 Å². The highest BCUT2D eigenvalue weighted by Gasteiger charge is 2.02. The Morgan fingerprint density at radius 2 is 2.22 bits per heavy atom. The van der Waals surface area contributed by atoms with E-state index >= 15 is 0 Å². The molecule has 0 aliphatic rings. The highest BCUT2D eigenvalue weighted by atomic mass is 16.5. The second-order valence-corrected chi connectivity index (χ2v) is 4.39. The van der Waals surface area contributed by atoms with Gasteiger partial charge in [0.2, 0.25) is 0 Å². The number of aromatic nitrogens is 2. The smallest absolute Gasteiger partial charge is 0.123 e. The molecule has 0 unspecified atom stereocenters. The van der Waals surface area contributed by atoms with Crippen LogP contribution in [-0.4, -0.2) is 16.1 Å². The summed E-state index contributed by atoms with van der Waals surface area (Å²) in [6.45, 7) is 4.65. The monoisotopic (exact) mass is 246 g/mol. The van der Waals surface area contributed by atoms with Crippen LogP contribution in [0.5, 0.6) is 5.75 Å². The molecule has 0 aliphatic carbocycles. The number of hydrogen-bond acceptors (Lipinski definition) is 4. The Balaban J connectivity index is 2.05. The predicted octanol–water partition coefficient (Wildman–Crippen LogP) is 2.39. The number of nitrogens with one attached hydrogen (secondary N) is 2. The third kappa shape index (κ3) is 3.41. The molecule has 0 saturated heterocycles. The highest BCUT2D eigenvalue weighted by molar-refractivity contribution is 5.59. The molecule has 96 valence electrons. The standard InChI is InChI=1S/C13H18N4O/c1-9(2)18-13-4-10(14)3-11(5-13)16-7-12-6-15-8-17-12/h3-6,8-9,16H,7,14H2,1-2H3,(H,15,17). The minimum Gasteiger partial charge on any atom is -0.491 e. The van der Waals surface area contributed by atoms with Crippen LogP contribution in [0, 0.1) is 0 Å². The maximum Gasteiger partial charge on any atom is 0.123 e. The lowest BCUT2D eigenvalue weighted by Crippen LogP contribution is -2.07. The van der Waals surface area contributed by atoms with E-state index in [0.717, 1.165) is 17.1 Å². The molecule has 4 N–H and O–H groups in total. The molecule has 1 aromatic heterocycles. The Morgan fingerprint density at radius 3 is 2.89 bits per heavy atom. The average Bonchev–Trinajstić information content (AvgIpc) is 2.77. The second-order valence-electron chi connectivity index (χ2n) is 4.39. The summed E-state index contributed by atoms with van der Waals surface area (Å²) in [6, 6.07) is 5.64. The molecular formula is C13H18N4O. The Bertz CT molecular complexity index is 494. The van der Waals surface area contributed by atoms with Gasteiger partial charge in [-0.25, -0.2) is 4.98 Å². The molecule has 5 heteroatoms. The molecule has 0 amide bonds. The van der Waals surface area contributed by atoms with E-state index in [0.29, 0.717) is 12.2 Å². The first-order valence-corrected chi connectivity index (χ1v) is 5.92. The molecule has 0 aliphatic heterocycles. The first-order valence-electron chi connectivity index (χ1n) is 5.92. The van der Waals surface area contributed by atoms with Gasteiger partial charge in [-0.05, 0) is 19.9 Å². The largest absolute Gasteiger partial charge is 0.491 e. The van der Waals surface area contributed by atoms with Gasteiger partial charge >= 0.3 is 0 Å². The molecule has 2 rings (SSSR count). The van der Waals surface area contributed by atoms with Gasteiger partial charge in [0.1, 0.15) is 5.75 Å². The minimum atomic E-state index is 0.132. The van der Waals surface area contributed by atoms with Gasteiger partial charge in [-0.15, -0.1) is 0 Å². The Hall–Kier alpha value is -2.17. The molecule has 5 nitrogen and oxygen atoms in total. The van der Waals surface area contributed by atoms with E-state index in [9.17, 15) is 0 Å². The summed E-state index contributed by atoms with van der Waals surface area (Å²) in [5, 5.41) is 3.27. The van der Waals surface area contributed by atoms with Crippen molar-refractivity contribution in [2.24, 2.45) is 0 Å². The Kier molecular flexibility index (Phi) is 3.72. The van der Waals surface area contributed by atoms with Crippen LogP contribution in [0.1, 0.15) is 19.5 Å². The number of benzene rings is 1. The summed E-state index contributed by atoms with van der Waals surface area (Å²) >= 11 is 0. The first-order chi connectivity index (χ1) is 8.63. The number of nitrogens with zero attached hydrogens (tertiary/aromatic N) is 1. The number of ether oxygens (including phenoxy) is 1. The third-order valence-electron chi connectivity index (χ3n) is 2.34. The quantitative estimate of drug-likeness (QED) is 0.708. The van der Waals surface area contributed by atoms with Crippen LogP contribution < -0.4 is 15.8 Å². The van der Waals surface area contributed by atoms with E-state index in [-0.39, 0.29) is 6.10 Å². The summed E-state index contributed by atoms with van der Waals surface area (Å²) in [5.74, 6) is 0.775. The molecular weight excluding hydrogens is 228 g/mol. The van der Waals surface area contributed by atoms with E-state index in [4.69, 9.17) is 10.5 Å². The number of anilines is 2.